The summed E-state index contributed by atoms with van der Waals surface area (Å²) in [5.41, 5.74) is 2.63. The number of benzene rings is 3. The fourth-order valence-electron chi connectivity index (χ4n) is 3.08. The quantitative estimate of drug-likeness (QED) is 0.348. The Labute approximate surface area is 197 Å². The predicted octanol–water partition coefficient (Wildman–Crippen LogP) is 6.29. The monoisotopic (exact) mass is 509 g/mol. The van der Waals surface area contributed by atoms with Crippen molar-refractivity contribution in [3.63, 3.8) is 0 Å². The van der Waals surface area contributed by atoms with E-state index in [1.54, 1.807) is 25.3 Å². The van der Waals surface area contributed by atoms with Gasteiger partial charge in [0.1, 0.15) is 18.2 Å². The minimum absolute atomic E-state index is 0. The van der Waals surface area contributed by atoms with Crippen molar-refractivity contribution in [2.24, 2.45) is 0 Å². The maximum absolute atomic E-state index is 13.9. The number of ether oxygens (including phenoxy) is 3. The van der Waals surface area contributed by atoms with Crippen molar-refractivity contribution >= 4 is 28.3 Å². The summed E-state index contributed by atoms with van der Waals surface area (Å²) >= 11 is 3.57. The van der Waals surface area contributed by atoms with Gasteiger partial charge in [-0.3, -0.25) is 0 Å². The van der Waals surface area contributed by atoms with Gasteiger partial charge >= 0.3 is 0 Å². The van der Waals surface area contributed by atoms with Crippen molar-refractivity contribution in [1.29, 1.82) is 0 Å². The first-order valence-electron chi connectivity index (χ1n) is 9.76. The predicted molar refractivity (Wildman–Crippen MR) is 127 cm³/mol. The summed E-state index contributed by atoms with van der Waals surface area (Å²) in [5.74, 6) is 1.76. The molecule has 3 aromatic carbocycles. The summed E-state index contributed by atoms with van der Waals surface area (Å²) < 4.78 is 31.7. The Morgan fingerprint density at radius 2 is 1.61 bits per heavy atom. The van der Waals surface area contributed by atoms with Gasteiger partial charge in [-0.05, 0) is 52.7 Å². The molecular formula is C24H26BrClFNO3. The fourth-order valence-corrected chi connectivity index (χ4v) is 3.69. The Kier molecular flexibility index (Phi) is 10.1. The number of halogens is 3. The van der Waals surface area contributed by atoms with E-state index < -0.39 is 0 Å². The van der Waals surface area contributed by atoms with E-state index in [0.717, 1.165) is 21.3 Å². The maximum atomic E-state index is 13.9. The molecule has 0 atom stereocenters. The first kappa shape index (κ1) is 25.0. The average molecular weight is 511 g/mol. The topological polar surface area (TPSA) is 39.7 Å². The molecule has 3 rings (SSSR count). The lowest BCUT2D eigenvalue weighted by molar-refractivity contribution is 0.264. The van der Waals surface area contributed by atoms with E-state index in [1.165, 1.54) is 6.07 Å². The molecule has 0 saturated heterocycles. The first-order chi connectivity index (χ1) is 14.6. The van der Waals surface area contributed by atoms with Gasteiger partial charge in [-0.1, -0.05) is 36.4 Å². The highest BCUT2D eigenvalue weighted by molar-refractivity contribution is 9.10. The van der Waals surface area contributed by atoms with Crippen LogP contribution in [0.4, 0.5) is 4.39 Å². The molecule has 31 heavy (non-hydrogen) atoms. The van der Waals surface area contributed by atoms with Gasteiger partial charge in [0.25, 0.3) is 0 Å². The van der Waals surface area contributed by atoms with Crippen molar-refractivity contribution < 1.29 is 18.6 Å². The molecule has 0 aliphatic rings. The average Bonchev–Trinajstić information content (AvgIpc) is 2.75. The van der Waals surface area contributed by atoms with E-state index in [-0.39, 0.29) is 24.8 Å². The second-order valence-corrected chi connectivity index (χ2v) is 7.49. The van der Waals surface area contributed by atoms with Crippen LogP contribution in [0.25, 0.3) is 0 Å². The molecule has 0 heterocycles. The summed E-state index contributed by atoms with van der Waals surface area (Å²) in [5, 5.41) is 3.43. The Morgan fingerprint density at radius 3 is 2.32 bits per heavy atom. The Hall–Kier alpha value is -2.28. The molecule has 0 bridgehead atoms. The molecule has 0 aliphatic heterocycles. The number of rotatable bonds is 10. The van der Waals surface area contributed by atoms with Gasteiger partial charge in [0.05, 0.1) is 18.2 Å². The van der Waals surface area contributed by atoms with Gasteiger partial charge in [-0.25, -0.2) is 4.39 Å². The standard InChI is InChI=1S/C24H25BrFNO3.ClH/c1-3-29-23-13-17(14-27-15-18-8-5-7-11-22(18)28-2)12-20(25)24(23)30-16-19-9-4-6-10-21(19)26;/h4-13,27H,3,14-16H2,1-2H3;1H. The summed E-state index contributed by atoms with van der Waals surface area (Å²) in [4.78, 5) is 0. The number of para-hydroxylation sites is 1. The van der Waals surface area contributed by atoms with Gasteiger partial charge in [-0.2, -0.15) is 0 Å². The highest BCUT2D eigenvalue weighted by Crippen LogP contribution is 2.37. The van der Waals surface area contributed by atoms with Crippen LogP contribution in [-0.4, -0.2) is 13.7 Å². The van der Waals surface area contributed by atoms with E-state index in [2.05, 4.69) is 21.2 Å². The zero-order valence-electron chi connectivity index (χ0n) is 17.5. The lowest BCUT2D eigenvalue weighted by atomic mass is 10.1. The molecule has 7 heteroatoms. The molecule has 166 valence electrons. The zero-order valence-corrected chi connectivity index (χ0v) is 19.9. The van der Waals surface area contributed by atoms with Crippen molar-refractivity contribution in [3.05, 3.63) is 87.6 Å². The van der Waals surface area contributed by atoms with Crippen LogP contribution >= 0.6 is 28.3 Å². The first-order valence-corrected chi connectivity index (χ1v) is 10.6. The van der Waals surface area contributed by atoms with E-state index in [0.29, 0.717) is 36.8 Å². The fraction of sp³-hybridized carbons (Fsp3) is 0.250. The van der Waals surface area contributed by atoms with Crippen LogP contribution in [0.2, 0.25) is 0 Å². The van der Waals surface area contributed by atoms with Crippen LogP contribution < -0.4 is 19.5 Å². The second-order valence-electron chi connectivity index (χ2n) is 6.63. The largest absolute Gasteiger partial charge is 0.496 e. The number of nitrogens with one attached hydrogen (secondary N) is 1. The molecule has 0 radical (unpaired) electrons. The molecule has 1 N–H and O–H groups in total. The summed E-state index contributed by atoms with van der Waals surface area (Å²) in [6, 6.07) is 18.4. The van der Waals surface area contributed by atoms with E-state index in [1.807, 2.05) is 43.3 Å². The SMILES string of the molecule is CCOc1cc(CNCc2ccccc2OC)cc(Br)c1OCc1ccccc1F.Cl. The van der Waals surface area contributed by atoms with Crippen molar-refractivity contribution in [3.8, 4) is 17.2 Å². The highest BCUT2D eigenvalue weighted by atomic mass is 79.9. The Bertz CT molecular complexity index is 987. The molecule has 0 fully saturated rings. The van der Waals surface area contributed by atoms with Crippen LogP contribution in [0.15, 0.2) is 65.1 Å². The van der Waals surface area contributed by atoms with Crippen LogP contribution in [-0.2, 0) is 19.7 Å². The summed E-state index contributed by atoms with van der Waals surface area (Å²) in [6.07, 6.45) is 0. The molecule has 0 aromatic heterocycles. The molecule has 3 aromatic rings. The molecular weight excluding hydrogens is 485 g/mol. The van der Waals surface area contributed by atoms with Crippen LogP contribution in [0.3, 0.4) is 0 Å². The van der Waals surface area contributed by atoms with Crippen molar-refractivity contribution in [2.45, 2.75) is 26.6 Å². The maximum Gasteiger partial charge on any atom is 0.175 e. The van der Waals surface area contributed by atoms with Gasteiger partial charge in [0.2, 0.25) is 0 Å². The number of hydrogen-bond acceptors (Lipinski definition) is 4. The number of methoxy groups -OCH3 is 1. The van der Waals surface area contributed by atoms with Crippen LogP contribution in [0, 0.1) is 5.82 Å². The van der Waals surface area contributed by atoms with Gasteiger partial charge in [0.15, 0.2) is 11.5 Å². The normalized spacial score (nSPS) is 10.3. The smallest absolute Gasteiger partial charge is 0.175 e. The highest BCUT2D eigenvalue weighted by Gasteiger charge is 2.14. The molecule has 0 amide bonds. The van der Waals surface area contributed by atoms with Crippen molar-refractivity contribution in [1.82, 2.24) is 5.32 Å². The minimum Gasteiger partial charge on any atom is -0.496 e. The lowest BCUT2D eigenvalue weighted by Gasteiger charge is -2.16. The van der Waals surface area contributed by atoms with Gasteiger partial charge < -0.3 is 19.5 Å². The van der Waals surface area contributed by atoms with Crippen molar-refractivity contribution in [2.75, 3.05) is 13.7 Å². The van der Waals surface area contributed by atoms with Gasteiger partial charge in [-0.15, -0.1) is 12.4 Å². The van der Waals surface area contributed by atoms with E-state index in [4.69, 9.17) is 14.2 Å². The third kappa shape index (κ3) is 6.86. The summed E-state index contributed by atoms with van der Waals surface area (Å²) in [7, 11) is 1.67. The third-order valence-electron chi connectivity index (χ3n) is 4.54. The molecule has 0 unspecified atom stereocenters. The van der Waals surface area contributed by atoms with E-state index >= 15 is 0 Å². The second kappa shape index (κ2) is 12.5. The zero-order chi connectivity index (χ0) is 21.3. The van der Waals surface area contributed by atoms with Gasteiger partial charge in [0, 0.05) is 24.2 Å². The molecule has 4 nitrogen and oxygen atoms in total. The minimum atomic E-state index is -0.288. The van der Waals surface area contributed by atoms with Crippen LogP contribution in [0.5, 0.6) is 17.2 Å². The van der Waals surface area contributed by atoms with E-state index in [9.17, 15) is 4.39 Å². The Balaban J connectivity index is 0.00000341. The molecule has 0 spiro atoms. The number of hydrogen-bond donors (Lipinski definition) is 1. The molecule has 0 saturated carbocycles. The summed E-state index contributed by atoms with van der Waals surface area (Å²) in [6.45, 7) is 3.86. The molecule has 0 aliphatic carbocycles. The lowest BCUT2D eigenvalue weighted by Crippen LogP contribution is -2.13. The Morgan fingerprint density at radius 1 is 0.903 bits per heavy atom. The van der Waals surface area contributed by atoms with Crippen LogP contribution in [0.1, 0.15) is 23.6 Å². The third-order valence-corrected chi connectivity index (χ3v) is 5.13.